The first-order valence-electron chi connectivity index (χ1n) is 4.13. The van der Waals surface area contributed by atoms with E-state index >= 15 is 0 Å². The lowest BCUT2D eigenvalue weighted by Crippen LogP contribution is -1.93. The Morgan fingerprint density at radius 2 is 1.33 bits per heavy atom. The number of hydrogen-bond donors (Lipinski definition) is 0. The molecule has 0 saturated heterocycles. The highest BCUT2D eigenvalue weighted by Gasteiger charge is 2.33. The zero-order chi connectivity index (χ0) is 12.1. The quantitative estimate of drug-likeness (QED) is 0.527. The second kappa shape index (κ2) is 5.50. The second-order valence-corrected chi connectivity index (χ2v) is 5.25. The summed E-state index contributed by atoms with van der Waals surface area (Å²) in [5, 5.41) is 0. The van der Waals surface area contributed by atoms with Crippen LogP contribution in [0.2, 0.25) is 0 Å². The predicted molar refractivity (Wildman–Crippen MR) is 62.8 cm³/mol. The van der Waals surface area contributed by atoms with E-state index in [1.807, 2.05) is 0 Å². The lowest BCUT2D eigenvalue weighted by molar-refractivity contribution is 1.32. The van der Waals surface area contributed by atoms with Gasteiger partial charge in [-0.1, -0.05) is 11.1 Å². The van der Waals surface area contributed by atoms with E-state index in [1.165, 1.54) is 6.08 Å². The van der Waals surface area contributed by atoms with Gasteiger partial charge >= 0.3 is 0 Å². The second-order valence-electron chi connectivity index (χ2n) is 3.33. The van der Waals surface area contributed by atoms with Gasteiger partial charge in [-0.05, 0) is 33.8 Å². The van der Waals surface area contributed by atoms with Crippen molar-refractivity contribution < 1.29 is 0 Å². The topological polar surface area (TPSA) is 88.3 Å². The zero-order valence-corrected chi connectivity index (χ0v) is 9.87. The summed E-state index contributed by atoms with van der Waals surface area (Å²) >= 11 is 0. The molecule has 84 valence electrons. The third-order valence-electron chi connectivity index (χ3n) is 1.52. The number of nitrogens with zero attached hydrogens (tertiary/aromatic N) is 3. The van der Waals surface area contributed by atoms with Gasteiger partial charge in [0.25, 0.3) is 0 Å². The van der Waals surface area contributed by atoms with Crippen LogP contribution in [0.1, 0.15) is 27.7 Å². The van der Waals surface area contributed by atoms with E-state index in [-0.39, 0.29) is 4.91 Å². The molecule has 0 aliphatic carbocycles. The fraction of sp³-hybridized carbons (Fsp3) is 0.500. The standard InChI is InChI=1S/C8H13N3O3S/c1-6(2)5-8(7(3)4)15(9-12,10-13)11-14/h5H,1-4H3. The molecule has 0 heterocycles. The molecule has 0 aliphatic rings. The normalized spacial score (nSPS) is 11.2. The Hall–Kier alpha value is -1.37. The summed E-state index contributed by atoms with van der Waals surface area (Å²) in [6.07, 6.45) is 1.54. The van der Waals surface area contributed by atoms with Gasteiger partial charge in [0.15, 0.2) is 10.6 Å². The molecule has 15 heavy (non-hydrogen) atoms. The van der Waals surface area contributed by atoms with Gasteiger partial charge in [0.05, 0.1) is 4.91 Å². The molecule has 0 unspecified atom stereocenters. The number of allylic oxidation sites excluding steroid dienone is 3. The van der Waals surface area contributed by atoms with Crippen LogP contribution in [-0.2, 0) is 0 Å². The molecule has 0 spiro atoms. The van der Waals surface area contributed by atoms with Gasteiger partial charge in [0.1, 0.15) is 0 Å². The predicted octanol–water partition coefficient (Wildman–Crippen LogP) is 4.10. The average molecular weight is 231 g/mol. The number of hydrogen-bond acceptors (Lipinski definition) is 6. The highest BCUT2D eigenvalue weighted by molar-refractivity contribution is 8.33. The summed E-state index contributed by atoms with van der Waals surface area (Å²) in [5.74, 6) is 0. The lowest BCUT2D eigenvalue weighted by Gasteiger charge is -2.17. The third-order valence-corrected chi connectivity index (χ3v) is 3.26. The molecule has 0 radical (unpaired) electrons. The molecule has 0 aliphatic heterocycles. The first-order chi connectivity index (χ1) is 6.93. The molecule has 0 bridgehead atoms. The Labute approximate surface area is 89.5 Å². The Kier molecular flexibility index (Phi) is 4.99. The molecule has 0 atom stereocenters. The van der Waals surface area contributed by atoms with E-state index < -0.39 is 10.6 Å². The molecule has 0 aromatic rings. The molecular formula is C8H13N3O3S. The molecule has 7 heteroatoms. The maximum atomic E-state index is 10.6. The highest BCUT2D eigenvalue weighted by Crippen LogP contribution is 2.60. The third kappa shape index (κ3) is 3.05. The Bertz CT molecular complexity index is 319. The van der Waals surface area contributed by atoms with Crippen LogP contribution in [0.4, 0.5) is 0 Å². The minimum atomic E-state index is -3.33. The van der Waals surface area contributed by atoms with E-state index in [0.29, 0.717) is 5.57 Å². The van der Waals surface area contributed by atoms with Gasteiger partial charge in [0, 0.05) is 13.7 Å². The van der Waals surface area contributed by atoms with Crippen molar-refractivity contribution in [2.75, 3.05) is 0 Å². The van der Waals surface area contributed by atoms with Crippen LogP contribution in [0.3, 0.4) is 0 Å². The van der Waals surface area contributed by atoms with Crippen molar-refractivity contribution >= 4 is 10.6 Å². The summed E-state index contributed by atoms with van der Waals surface area (Å²) in [4.78, 5) is 31.9. The smallest absolute Gasteiger partial charge is 0.135 e. The van der Waals surface area contributed by atoms with Crippen molar-refractivity contribution in [2.45, 2.75) is 27.7 Å². The fourth-order valence-electron chi connectivity index (χ4n) is 0.921. The van der Waals surface area contributed by atoms with Crippen molar-refractivity contribution in [3.63, 3.8) is 0 Å². The molecule has 0 fully saturated rings. The first kappa shape index (κ1) is 13.6. The number of rotatable bonds is 5. The largest absolute Gasteiger partial charge is 0.197 e. The molecule has 6 nitrogen and oxygen atoms in total. The van der Waals surface area contributed by atoms with Gasteiger partial charge in [-0.2, -0.15) is 0 Å². The molecular weight excluding hydrogens is 218 g/mol. The lowest BCUT2D eigenvalue weighted by atomic mass is 10.2. The van der Waals surface area contributed by atoms with Crippen molar-refractivity contribution in [1.29, 1.82) is 0 Å². The molecule has 0 rings (SSSR count). The summed E-state index contributed by atoms with van der Waals surface area (Å²) in [7, 11) is -3.33. The van der Waals surface area contributed by atoms with E-state index in [4.69, 9.17) is 0 Å². The van der Waals surface area contributed by atoms with Crippen LogP contribution in [0.15, 0.2) is 35.9 Å². The summed E-state index contributed by atoms with van der Waals surface area (Å²) in [6, 6.07) is 0. The minimum Gasteiger partial charge on any atom is -0.135 e. The van der Waals surface area contributed by atoms with E-state index in [9.17, 15) is 14.7 Å². The highest BCUT2D eigenvalue weighted by atomic mass is 32.3. The maximum absolute atomic E-state index is 10.6. The Balaban J connectivity index is 5.73. The van der Waals surface area contributed by atoms with Crippen LogP contribution < -0.4 is 0 Å². The first-order valence-corrected chi connectivity index (χ1v) is 5.63. The van der Waals surface area contributed by atoms with Crippen molar-refractivity contribution in [1.82, 2.24) is 0 Å². The van der Waals surface area contributed by atoms with Gasteiger partial charge < -0.3 is 0 Å². The summed E-state index contributed by atoms with van der Waals surface area (Å²) in [6.45, 7) is 6.87. The molecule has 0 saturated carbocycles. The van der Waals surface area contributed by atoms with E-state index in [0.717, 1.165) is 5.57 Å². The summed E-state index contributed by atoms with van der Waals surface area (Å²) < 4.78 is 7.51. The van der Waals surface area contributed by atoms with E-state index in [2.05, 4.69) is 13.7 Å². The zero-order valence-electron chi connectivity index (χ0n) is 9.05. The minimum absolute atomic E-state index is 0.211. The van der Waals surface area contributed by atoms with Gasteiger partial charge in [-0.25, -0.2) is 0 Å². The van der Waals surface area contributed by atoms with Crippen LogP contribution in [0.5, 0.6) is 0 Å². The Morgan fingerprint density at radius 1 is 0.933 bits per heavy atom. The molecule has 0 aromatic heterocycles. The fourth-order valence-corrected chi connectivity index (χ4v) is 2.18. The van der Waals surface area contributed by atoms with Crippen molar-refractivity contribution in [3.05, 3.63) is 36.8 Å². The summed E-state index contributed by atoms with van der Waals surface area (Å²) in [5.41, 5.74) is 1.46. The maximum Gasteiger partial charge on any atom is 0.197 e. The monoisotopic (exact) mass is 231 g/mol. The van der Waals surface area contributed by atoms with Crippen molar-refractivity contribution in [2.24, 2.45) is 13.7 Å². The van der Waals surface area contributed by atoms with Gasteiger partial charge in [-0.3, -0.25) is 0 Å². The van der Waals surface area contributed by atoms with Gasteiger partial charge in [0.2, 0.25) is 0 Å². The SMILES string of the molecule is CC(C)=CC(=C(C)C)S(N=O)(N=O)N=O. The van der Waals surface area contributed by atoms with E-state index in [1.54, 1.807) is 27.7 Å². The number of nitroso groups, excluding NO2 is 3. The van der Waals surface area contributed by atoms with Crippen LogP contribution >= 0.6 is 10.6 Å². The van der Waals surface area contributed by atoms with Crippen LogP contribution in [0, 0.1) is 14.7 Å². The molecule has 0 amide bonds. The van der Waals surface area contributed by atoms with Gasteiger partial charge in [-0.15, -0.1) is 14.7 Å². The Morgan fingerprint density at radius 3 is 1.53 bits per heavy atom. The molecule has 0 aromatic carbocycles. The molecule has 0 N–H and O–H groups in total. The van der Waals surface area contributed by atoms with Crippen molar-refractivity contribution in [3.8, 4) is 0 Å². The van der Waals surface area contributed by atoms with Crippen LogP contribution in [-0.4, -0.2) is 0 Å². The average Bonchev–Trinajstić information content (AvgIpc) is 2.19. The van der Waals surface area contributed by atoms with Crippen LogP contribution in [0.25, 0.3) is 0 Å².